The summed E-state index contributed by atoms with van der Waals surface area (Å²) in [7, 11) is 0. The van der Waals surface area contributed by atoms with E-state index in [2.05, 4.69) is 17.3 Å². The summed E-state index contributed by atoms with van der Waals surface area (Å²) in [6.07, 6.45) is 2.09. The Morgan fingerprint density at radius 1 is 1.39 bits per heavy atom. The minimum absolute atomic E-state index is 0.138. The van der Waals surface area contributed by atoms with Gasteiger partial charge in [-0.1, -0.05) is 24.9 Å². The minimum atomic E-state index is -0.138. The molecule has 0 saturated carbocycles. The van der Waals surface area contributed by atoms with Crippen LogP contribution in [0.1, 0.15) is 37.9 Å². The van der Waals surface area contributed by atoms with E-state index in [1.807, 2.05) is 35.9 Å². The second kappa shape index (κ2) is 8.02. The van der Waals surface area contributed by atoms with Crippen LogP contribution in [0, 0.1) is 6.92 Å². The predicted octanol–water partition coefficient (Wildman–Crippen LogP) is 4.03. The van der Waals surface area contributed by atoms with Crippen LogP contribution >= 0.6 is 11.6 Å². The second-order valence-electron chi connectivity index (χ2n) is 5.46. The number of carbonyl (C=O) groups excluding carboxylic acids is 1. The number of carbonyl (C=O) groups is 1. The molecule has 1 aromatic carbocycles. The molecule has 6 heteroatoms. The number of hydrogen-bond donors (Lipinski definition) is 1. The number of unbranched alkanes of at least 4 members (excludes halogenated alkanes) is 1. The molecule has 0 bridgehead atoms. The molecule has 1 aromatic heterocycles. The van der Waals surface area contributed by atoms with Gasteiger partial charge in [0.1, 0.15) is 5.75 Å². The molecule has 0 spiro atoms. The van der Waals surface area contributed by atoms with Gasteiger partial charge in [-0.15, -0.1) is 0 Å². The van der Waals surface area contributed by atoms with Gasteiger partial charge in [0.15, 0.2) is 5.82 Å². The molecule has 0 aliphatic rings. The summed E-state index contributed by atoms with van der Waals surface area (Å²) in [5.41, 5.74) is 1.92. The van der Waals surface area contributed by atoms with Crippen LogP contribution in [0.5, 0.6) is 5.75 Å². The van der Waals surface area contributed by atoms with E-state index in [1.54, 1.807) is 0 Å². The van der Waals surface area contributed by atoms with Crippen LogP contribution in [0.4, 0.5) is 5.82 Å². The molecule has 0 fully saturated rings. The topological polar surface area (TPSA) is 56.1 Å². The fourth-order valence-electron chi connectivity index (χ4n) is 2.21. The fraction of sp³-hybridized carbons (Fsp3) is 0.412. The minimum Gasteiger partial charge on any atom is -0.493 e. The normalized spacial score (nSPS) is 10.6. The van der Waals surface area contributed by atoms with Crippen LogP contribution in [0.15, 0.2) is 24.3 Å². The van der Waals surface area contributed by atoms with Crippen LogP contribution in [0.2, 0.25) is 5.02 Å². The Bertz CT molecular complexity index is 682. The molecule has 0 saturated heterocycles. The molecule has 0 atom stereocenters. The molecule has 0 radical (unpaired) electrons. The first kappa shape index (κ1) is 17.3. The van der Waals surface area contributed by atoms with Gasteiger partial charge < -0.3 is 10.1 Å². The summed E-state index contributed by atoms with van der Waals surface area (Å²) in [5.74, 6) is 1.23. The highest BCUT2D eigenvalue weighted by atomic mass is 35.5. The molecule has 2 aromatic rings. The molecule has 0 aliphatic carbocycles. The number of nitrogens with one attached hydrogen (secondary N) is 1. The van der Waals surface area contributed by atoms with Crippen molar-refractivity contribution < 1.29 is 9.53 Å². The quantitative estimate of drug-likeness (QED) is 0.777. The molecular formula is C17H22ClN3O2. The van der Waals surface area contributed by atoms with Gasteiger partial charge >= 0.3 is 0 Å². The Kier molecular flexibility index (Phi) is 6.04. The number of halogens is 1. The number of ether oxygens (including phenoxy) is 1. The Morgan fingerprint density at radius 3 is 2.87 bits per heavy atom. The van der Waals surface area contributed by atoms with E-state index in [0.717, 1.165) is 29.8 Å². The molecule has 0 aliphatic heterocycles. The highest BCUT2D eigenvalue weighted by Gasteiger charge is 2.10. The smallest absolute Gasteiger partial charge is 0.222 e. The summed E-state index contributed by atoms with van der Waals surface area (Å²) in [6.45, 7) is 6.75. The number of hydrogen-bond acceptors (Lipinski definition) is 3. The average Bonchev–Trinajstić information content (AvgIpc) is 2.80. The molecule has 5 nitrogen and oxygen atoms in total. The summed E-state index contributed by atoms with van der Waals surface area (Å²) in [5, 5.41) is 7.75. The zero-order valence-corrected chi connectivity index (χ0v) is 14.5. The third-order valence-electron chi connectivity index (χ3n) is 3.38. The first-order chi connectivity index (χ1) is 11.0. The molecule has 1 N–H and O–H groups in total. The first-order valence-corrected chi connectivity index (χ1v) is 8.10. The maximum atomic E-state index is 11.1. The lowest BCUT2D eigenvalue weighted by molar-refractivity contribution is -0.114. The highest BCUT2D eigenvalue weighted by Crippen LogP contribution is 2.25. The van der Waals surface area contributed by atoms with Gasteiger partial charge in [0.25, 0.3) is 0 Å². The third-order valence-corrected chi connectivity index (χ3v) is 3.62. The summed E-state index contributed by atoms with van der Waals surface area (Å²) in [6, 6.07) is 7.44. The van der Waals surface area contributed by atoms with Crippen molar-refractivity contribution in [1.29, 1.82) is 0 Å². The van der Waals surface area contributed by atoms with Crippen molar-refractivity contribution in [1.82, 2.24) is 9.78 Å². The zero-order valence-electron chi connectivity index (χ0n) is 13.7. The van der Waals surface area contributed by atoms with Crippen LogP contribution in [-0.4, -0.2) is 22.3 Å². The number of nitrogens with zero attached hydrogens (tertiary/aromatic N) is 2. The van der Waals surface area contributed by atoms with Gasteiger partial charge in [-0.2, -0.15) is 5.10 Å². The van der Waals surface area contributed by atoms with Crippen molar-refractivity contribution in [2.24, 2.45) is 0 Å². The number of anilines is 1. The van der Waals surface area contributed by atoms with Gasteiger partial charge in [-0.3, -0.25) is 9.48 Å². The Morgan fingerprint density at radius 2 is 2.17 bits per heavy atom. The van der Waals surface area contributed by atoms with Crippen LogP contribution < -0.4 is 10.1 Å². The lowest BCUT2D eigenvalue weighted by atomic mass is 10.2. The monoisotopic (exact) mass is 335 g/mol. The second-order valence-corrected chi connectivity index (χ2v) is 5.90. The molecular weight excluding hydrogens is 314 g/mol. The Balaban J connectivity index is 2.19. The van der Waals surface area contributed by atoms with Crippen molar-refractivity contribution in [3.63, 3.8) is 0 Å². The fourth-order valence-corrected chi connectivity index (χ4v) is 2.41. The summed E-state index contributed by atoms with van der Waals surface area (Å²) >= 11 is 6.12. The lowest BCUT2D eigenvalue weighted by Crippen LogP contribution is -2.09. The molecule has 1 amide bonds. The van der Waals surface area contributed by atoms with E-state index in [4.69, 9.17) is 16.3 Å². The molecule has 0 unspecified atom stereocenters. The van der Waals surface area contributed by atoms with Crippen molar-refractivity contribution in [2.45, 2.75) is 40.2 Å². The highest BCUT2D eigenvalue weighted by molar-refractivity contribution is 6.30. The molecule has 23 heavy (non-hydrogen) atoms. The number of aryl methyl sites for hydroxylation is 1. The van der Waals surface area contributed by atoms with Crippen molar-refractivity contribution >= 4 is 23.3 Å². The first-order valence-electron chi connectivity index (χ1n) is 7.73. The summed E-state index contributed by atoms with van der Waals surface area (Å²) in [4.78, 5) is 11.1. The van der Waals surface area contributed by atoms with E-state index in [9.17, 15) is 4.79 Å². The largest absolute Gasteiger partial charge is 0.493 e. The molecule has 124 valence electrons. The number of aromatic nitrogens is 2. The van der Waals surface area contributed by atoms with E-state index >= 15 is 0 Å². The zero-order chi connectivity index (χ0) is 16.8. The van der Waals surface area contributed by atoms with Crippen molar-refractivity contribution in [2.75, 3.05) is 11.9 Å². The lowest BCUT2D eigenvalue weighted by Gasteiger charge is -2.12. The maximum Gasteiger partial charge on any atom is 0.222 e. The predicted molar refractivity (Wildman–Crippen MR) is 92.2 cm³/mol. The van der Waals surface area contributed by atoms with Crippen LogP contribution in [-0.2, 0) is 11.3 Å². The van der Waals surface area contributed by atoms with Crippen molar-refractivity contribution in [3.8, 4) is 5.75 Å². The maximum absolute atomic E-state index is 11.1. The van der Waals surface area contributed by atoms with Gasteiger partial charge in [0, 0.05) is 29.3 Å². The SMILES string of the molecule is CCCCOc1ccc(Cl)cc1Cn1nc(NC(C)=O)cc1C. The van der Waals surface area contributed by atoms with Gasteiger partial charge in [0.05, 0.1) is 13.2 Å². The van der Waals surface area contributed by atoms with Gasteiger partial charge in [-0.05, 0) is 31.5 Å². The number of amides is 1. The summed E-state index contributed by atoms with van der Waals surface area (Å²) < 4.78 is 7.67. The Hall–Kier alpha value is -2.01. The van der Waals surface area contributed by atoms with Crippen LogP contribution in [0.3, 0.4) is 0 Å². The van der Waals surface area contributed by atoms with E-state index < -0.39 is 0 Å². The Labute approximate surface area is 141 Å². The van der Waals surface area contributed by atoms with Gasteiger partial charge in [0.2, 0.25) is 5.91 Å². The average molecular weight is 336 g/mol. The van der Waals surface area contributed by atoms with Crippen molar-refractivity contribution in [3.05, 3.63) is 40.5 Å². The number of rotatable bonds is 7. The number of benzene rings is 1. The molecule has 2 rings (SSSR count). The van der Waals surface area contributed by atoms with Crippen LogP contribution in [0.25, 0.3) is 0 Å². The van der Waals surface area contributed by atoms with E-state index in [-0.39, 0.29) is 5.91 Å². The third kappa shape index (κ3) is 4.99. The van der Waals surface area contributed by atoms with Gasteiger partial charge in [-0.25, -0.2) is 0 Å². The van der Waals surface area contributed by atoms with E-state index in [1.165, 1.54) is 6.92 Å². The standard InChI is InChI=1S/C17H22ClN3O2/c1-4-5-8-23-16-7-6-15(18)10-14(16)11-21-12(2)9-17(20-21)19-13(3)22/h6-7,9-10H,4-5,8,11H2,1-3H3,(H,19,20,22). The van der Waals surface area contributed by atoms with E-state index in [0.29, 0.717) is 24.0 Å². The molecule has 1 heterocycles.